The molecule has 1 aliphatic heterocycles. The zero-order valence-corrected chi connectivity index (χ0v) is 22.1. The lowest BCUT2D eigenvalue weighted by Crippen LogP contribution is -2.38. The van der Waals surface area contributed by atoms with E-state index in [1.165, 1.54) is 42.1 Å². The standard InChI is InChI=1S/C26H19F3N6O3S2/c27-26(28,29)16-4-1-3-14(11-16)13-39-25-33-32-24(40-25)34-19-5-2-6-20(36)22(19)21(18(12-30)23(34)31)15-7-9-17(10-8-15)35(37)38/h1,3-4,7-11,21H,2,5-6,13,31H2/t21-/m1/s1. The number of hydrogen-bond acceptors (Lipinski definition) is 10. The van der Waals surface area contributed by atoms with Gasteiger partial charge in [0.05, 0.1) is 28.0 Å². The van der Waals surface area contributed by atoms with Gasteiger partial charge in [0.1, 0.15) is 5.82 Å². The molecule has 9 nitrogen and oxygen atoms in total. The molecule has 40 heavy (non-hydrogen) atoms. The number of non-ortho nitro benzene ring substituents is 1. The molecular weight excluding hydrogens is 565 g/mol. The molecule has 1 aromatic heterocycles. The number of thioether (sulfide) groups is 1. The number of rotatable bonds is 6. The number of halogens is 3. The maximum atomic E-state index is 13.2. The zero-order chi connectivity index (χ0) is 28.6. The van der Waals surface area contributed by atoms with Crippen LogP contribution < -0.4 is 10.6 Å². The number of aromatic nitrogens is 2. The fourth-order valence-electron chi connectivity index (χ4n) is 4.76. The number of nitro groups is 1. The summed E-state index contributed by atoms with van der Waals surface area (Å²) in [5.41, 5.74) is 7.73. The molecule has 0 bridgehead atoms. The normalized spacial score (nSPS) is 17.6. The molecule has 204 valence electrons. The Kier molecular flexibility index (Phi) is 7.35. The molecule has 0 saturated carbocycles. The molecule has 2 aromatic carbocycles. The average molecular weight is 585 g/mol. The van der Waals surface area contributed by atoms with Crippen molar-refractivity contribution < 1.29 is 22.9 Å². The van der Waals surface area contributed by atoms with Gasteiger partial charge in [-0.1, -0.05) is 53.4 Å². The SMILES string of the molecule is N#CC1=C(N)N(c2nnc(SCc3cccc(C(F)(F)F)c3)s2)C2=C(C(=O)CCC2)[C@@H]1c1ccc([N+](=O)[O-])cc1. The zero-order valence-electron chi connectivity index (χ0n) is 20.5. The van der Waals surface area contributed by atoms with Gasteiger partial charge in [-0.3, -0.25) is 19.8 Å². The second-order valence-corrected chi connectivity index (χ2v) is 11.2. The number of anilines is 1. The third kappa shape index (κ3) is 5.17. The van der Waals surface area contributed by atoms with Crippen LogP contribution in [0.3, 0.4) is 0 Å². The minimum atomic E-state index is -4.44. The number of nitro benzene ring substituents is 1. The van der Waals surface area contributed by atoms with E-state index >= 15 is 0 Å². The molecule has 3 aromatic rings. The summed E-state index contributed by atoms with van der Waals surface area (Å²) in [4.78, 5) is 25.4. The number of nitrogens with zero attached hydrogens (tertiary/aromatic N) is 5. The predicted molar refractivity (Wildman–Crippen MR) is 142 cm³/mol. The average Bonchev–Trinajstić information content (AvgIpc) is 3.39. The topological polar surface area (TPSA) is 139 Å². The van der Waals surface area contributed by atoms with Gasteiger partial charge in [-0.2, -0.15) is 18.4 Å². The summed E-state index contributed by atoms with van der Waals surface area (Å²) in [6.45, 7) is 0. The van der Waals surface area contributed by atoms with Gasteiger partial charge in [0.15, 0.2) is 10.1 Å². The van der Waals surface area contributed by atoms with E-state index < -0.39 is 22.6 Å². The molecular formula is C26H19F3N6O3S2. The predicted octanol–water partition coefficient (Wildman–Crippen LogP) is 6.06. The second kappa shape index (κ2) is 10.7. The first-order valence-electron chi connectivity index (χ1n) is 11.9. The largest absolute Gasteiger partial charge is 0.416 e. The third-order valence-corrected chi connectivity index (χ3v) is 8.67. The number of carbonyl (C=O) groups is 1. The van der Waals surface area contributed by atoms with Crippen LogP contribution in [0.2, 0.25) is 0 Å². The smallest absolute Gasteiger partial charge is 0.384 e. The molecule has 0 fully saturated rings. The van der Waals surface area contributed by atoms with Crippen LogP contribution in [0.5, 0.6) is 0 Å². The van der Waals surface area contributed by atoms with E-state index in [-0.39, 0.29) is 35.0 Å². The number of benzene rings is 2. The molecule has 1 aliphatic carbocycles. The van der Waals surface area contributed by atoms with Gasteiger partial charge in [-0.15, -0.1) is 10.2 Å². The summed E-state index contributed by atoms with van der Waals surface area (Å²) in [5.74, 6) is -0.641. The van der Waals surface area contributed by atoms with Crippen molar-refractivity contribution in [1.29, 1.82) is 5.26 Å². The summed E-state index contributed by atoms with van der Waals surface area (Å²) in [6, 6.07) is 12.8. The van der Waals surface area contributed by atoms with Gasteiger partial charge in [0.25, 0.3) is 5.69 Å². The van der Waals surface area contributed by atoms with E-state index in [1.54, 1.807) is 11.0 Å². The Morgan fingerprint density at radius 2 is 1.95 bits per heavy atom. The van der Waals surface area contributed by atoms with Crippen molar-refractivity contribution in [1.82, 2.24) is 10.2 Å². The van der Waals surface area contributed by atoms with Crippen molar-refractivity contribution in [3.63, 3.8) is 0 Å². The van der Waals surface area contributed by atoms with Crippen LogP contribution in [0.1, 0.15) is 41.9 Å². The molecule has 0 radical (unpaired) electrons. The molecule has 0 spiro atoms. The Bertz CT molecular complexity index is 1610. The van der Waals surface area contributed by atoms with Gasteiger partial charge in [0.2, 0.25) is 5.13 Å². The number of carbonyl (C=O) groups excluding carboxylic acids is 1. The highest BCUT2D eigenvalue weighted by molar-refractivity contribution is 8.00. The fourth-order valence-corrected chi connectivity index (χ4v) is 6.58. The van der Waals surface area contributed by atoms with E-state index in [0.29, 0.717) is 44.7 Å². The maximum Gasteiger partial charge on any atom is 0.416 e. The van der Waals surface area contributed by atoms with Gasteiger partial charge >= 0.3 is 6.18 Å². The summed E-state index contributed by atoms with van der Waals surface area (Å²) in [7, 11) is 0. The fraction of sp³-hybridized carbons (Fsp3) is 0.231. The van der Waals surface area contributed by atoms with Crippen molar-refractivity contribution in [2.24, 2.45) is 5.73 Å². The Labute approximate surface area is 234 Å². The van der Waals surface area contributed by atoms with Crippen LogP contribution in [-0.4, -0.2) is 20.9 Å². The molecule has 14 heteroatoms. The highest BCUT2D eigenvalue weighted by Crippen LogP contribution is 2.47. The van der Waals surface area contributed by atoms with E-state index in [0.717, 1.165) is 23.5 Å². The van der Waals surface area contributed by atoms with Crippen LogP contribution in [-0.2, 0) is 16.7 Å². The Balaban J connectivity index is 1.48. The number of nitrogens with two attached hydrogens (primary N) is 1. The molecule has 0 unspecified atom stereocenters. The van der Waals surface area contributed by atoms with Crippen LogP contribution in [0.4, 0.5) is 24.0 Å². The quantitative estimate of drug-likeness (QED) is 0.208. The third-order valence-electron chi connectivity index (χ3n) is 6.55. The minimum absolute atomic E-state index is 0.0740. The molecule has 5 rings (SSSR count). The van der Waals surface area contributed by atoms with Crippen LogP contribution >= 0.6 is 23.1 Å². The highest BCUT2D eigenvalue weighted by Gasteiger charge is 2.41. The van der Waals surface area contributed by atoms with Gasteiger partial charge < -0.3 is 5.73 Å². The van der Waals surface area contributed by atoms with Crippen molar-refractivity contribution in [3.8, 4) is 6.07 Å². The summed E-state index contributed by atoms with van der Waals surface area (Å²) < 4.78 is 39.7. The van der Waals surface area contributed by atoms with Gasteiger partial charge in [0, 0.05) is 35.6 Å². The van der Waals surface area contributed by atoms with Crippen LogP contribution in [0.25, 0.3) is 0 Å². The van der Waals surface area contributed by atoms with Crippen molar-refractivity contribution in [2.75, 3.05) is 4.90 Å². The Hall–Kier alpha value is -4.22. The molecule has 0 amide bonds. The van der Waals surface area contributed by atoms with Crippen molar-refractivity contribution >= 4 is 39.7 Å². The molecule has 2 heterocycles. The summed E-state index contributed by atoms with van der Waals surface area (Å²) in [6.07, 6.45) is -3.12. The number of Topliss-reactive ketones (excluding diaryl/α,β-unsaturated/α-hetero) is 1. The lowest BCUT2D eigenvalue weighted by Gasteiger charge is -2.38. The Morgan fingerprint density at radius 1 is 1.20 bits per heavy atom. The first-order valence-corrected chi connectivity index (χ1v) is 13.7. The molecule has 0 saturated heterocycles. The lowest BCUT2D eigenvalue weighted by atomic mass is 9.76. The Morgan fingerprint density at radius 3 is 2.62 bits per heavy atom. The van der Waals surface area contributed by atoms with E-state index in [2.05, 4.69) is 16.3 Å². The highest BCUT2D eigenvalue weighted by atomic mass is 32.2. The monoisotopic (exact) mass is 584 g/mol. The minimum Gasteiger partial charge on any atom is -0.384 e. The number of nitriles is 1. The number of ketones is 1. The summed E-state index contributed by atoms with van der Waals surface area (Å²) in [5, 5.41) is 29.9. The summed E-state index contributed by atoms with van der Waals surface area (Å²) >= 11 is 2.35. The number of allylic oxidation sites excluding steroid dienone is 3. The van der Waals surface area contributed by atoms with Crippen LogP contribution in [0, 0.1) is 21.4 Å². The lowest BCUT2D eigenvalue weighted by molar-refractivity contribution is -0.384. The molecule has 2 aliphatic rings. The maximum absolute atomic E-state index is 13.2. The van der Waals surface area contributed by atoms with E-state index in [9.17, 15) is 33.3 Å². The van der Waals surface area contributed by atoms with Gasteiger partial charge in [-0.25, -0.2) is 0 Å². The van der Waals surface area contributed by atoms with Crippen molar-refractivity contribution in [2.45, 2.75) is 41.4 Å². The van der Waals surface area contributed by atoms with Crippen LogP contribution in [0.15, 0.2) is 75.5 Å². The van der Waals surface area contributed by atoms with Crippen molar-refractivity contribution in [3.05, 3.63) is 98.0 Å². The second-order valence-electron chi connectivity index (χ2n) is 9.00. The van der Waals surface area contributed by atoms with E-state index in [1.807, 2.05) is 0 Å². The molecule has 1 atom stereocenters. The number of hydrogen-bond donors (Lipinski definition) is 1. The van der Waals surface area contributed by atoms with Gasteiger partial charge in [-0.05, 0) is 30.0 Å². The molecule has 2 N–H and O–H groups in total. The first kappa shape index (κ1) is 27.4. The first-order chi connectivity index (χ1) is 19.1. The van der Waals surface area contributed by atoms with E-state index in [4.69, 9.17) is 5.73 Å². The number of alkyl halides is 3.